The third-order valence-electron chi connectivity index (χ3n) is 5.28. The predicted octanol–water partition coefficient (Wildman–Crippen LogP) is 4.28. The van der Waals surface area contributed by atoms with Gasteiger partial charge in [0, 0.05) is 16.9 Å². The number of nitrogens with one attached hydrogen (secondary N) is 3. The Labute approximate surface area is 221 Å². The molecule has 9 heteroatoms. The second kappa shape index (κ2) is 13.4. The van der Waals surface area contributed by atoms with E-state index in [2.05, 4.69) is 27.7 Å². The molecule has 3 aromatic rings. The van der Waals surface area contributed by atoms with E-state index in [1.165, 1.54) is 6.21 Å². The monoisotopic (exact) mass is 514 g/mol. The first-order chi connectivity index (χ1) is 18.3. The number of anilines is 2. The Kier molecular flexibility index (Phi) is 9.76. The van der Waals surface area contributed by atoms with Gasteiger partial charge in [0.2, 0.25) is 0 Å². The molecule has 3 N–H and O–H groups in total. The van der Waals surface area contributed by atoms with Gasteiger partial charge in [-0.2, -0.15) is 5.10 Å². The molecule has 0 spiro atoms. The molecule has 3 aromatic carbocycles. The van der Waals surface area contributed by atoms with Crippen LogP contribution in [0.25, 0.3) is 0 Å². The number of nitrogens with zero attached hydrogens (tertiary/aromatic N) is 1. The minimum absolute atomic E-state index is 0.218. The van der Waals surface area contributed by atoms with E-state index < -0.39 is 11.8 Å². The molecule has 3 rings (SSSR count). The van der Waals surface area contributed by atoms with Crippen LogP contribution in [0.15, 0.2) is 78.4 Å². The average molecular weight is 515 g/mol. The largest absolute Gasteiger partial charge is 0.490 e. The molecule has 0 atom stereocenters. The lowest BCUT2D eigenvalue weighted by molar-refractivity contribution is -0.136. The standard InChI is InChI=1S/C29H30N4O5/c1-5-14-37-24-12-10-23(11-13-24)31-28(35)29(36)33-30-17-22-8-6-7-9-25(22)38-18-26(34)32-27-20(3)15-19(2)16-21(27)4/h5-13,15-17H,1,14,18H2,2-4H3,(H,31,35)(H,32,34)(H,33,36)/b30-17-. The summed E-state index contributed by atoms with van der Waals surface area (Å²) < 4.78 is 11.1. The van der Waals surface area contributed by atoms with Gasteiger partial charge in [0.1, 0.15) is 18.1 Å². The maximum absolute atomic E-state index is 12.5. The third kappa shape index (κ3) is 8.06. The van der Waals surface area contributed by atoms with Crippen molar-refractivity contribution in [3.8, 4) is 11.5 Å². The van der Waals surface area contributed by atoms with Crippen molar-refractivity contribution in [2.75, 3.05) is 23.8 Å². The molecule has 0 radical (unpaired) electrons. The highest BCUT2D eigenvalue weighted by molar-refractivity contribution is 6.39. The van der Waals surface area contributed by atoms with Gasteiger partial charge in [0.25, 0.3) is 5.91 Å². The summed E-state index contributed by atoms with van der Waals surface area (Å²) in [5.74, 6) is -1.14. The van der Waals surface area contributed by atoms with Gasteiger partial charge in [-0.25, -0.2) is 5.43 Å². The van der Waals surface area contributed by atoms with Crippen LogP contribution in [-0.2, 0) is 14.4 Å². The number of carbonyl (C=O) groups excluding carboxylic acids is 3. The molecule has 0 saturated heterocycles. The van der Waals surface area contributed by atoms with Gasteiger partial charge < -0.3 is 20.1 Å². The summed E-state index contributed by atoms with van der Waals surface area (Å²) in [5, 5.41) is 9.21. The number of ether oxygens (including phenoxy) is 2. The molecule has 0 aliphatic heterocycles. The Bertz CT molecular complexity index is 1330. The van der Waals surface area contributed by atoms with Crippen LogP contribution < -0.4 is 25.5 Å². The first-order valence-corrected chi connectivity index (χ1v) is 11.8. The molecule has 0 aromatic heterocycles. The number of carbonyl (C=O) groups is 3. The van der Waals surface area contributed by atoms with Gasteiger partial charge in [0.15, 0.2) is 6.61 Å². The summed E-state index contributed by atoms with van der Waals surface area (Å²) >= 11 is 0. The molecule has 0 heterocycles. The van der Waals surface area contributed by atoms with Gasteiger partial charge in [-0.3, -0.25) is 14.4 Å². The fourth-order valence-corrected chi connectivity index (χ4v) is 3.60. The second-order valence-electron chi connectivity index (χ2n) is 8.43. The van der Waals surface area contributed by atoms with Gasteiger partial charge in [-0.05, 0) is 68.3 Å². The summed E-state index contributed by atoms with van der Waals surface area (Å²) in [7, 11) is 0. The molecule has 196 valence electrons. The van der Waals surface area contributed by atoms with Crippen molar-refractivity contribution < 1.29 is 23.9 Å². The van der Waals surface area contributed by atoms with Crippen molar-refractivity contribution in [2.24, 2.45) is 5.10 Å². The molecule has 3 amide bonds. The Morgan fingerprint density at radius 2 is 1.58 bits per heavy atom. The number of para-hydroxylation sites is 1. The minimum Gasteiger partial charge on any atom is -0.490 e. The molecule has 0 bridgehead atoms. The normalized spacial score (nSPS) is 10.5. The molecule has 0 aliphatic carbocycles. The third-order valence-corrected chi connectivity index (χ3v) is 5.28. The molecule has 0 fully saturated rings. The summed E-state index contributed by atoms with van der Waals surface area (Å²) in [6, 6.07) is 17.4. The van der Waals surface area contributed by atoms with Gasteiger partial charge in [-0.1, -0.05) is 42.5 Å². The quantitative estimate of drug-likeness (QED) is 0.162. The maximum atomic E-state index is 12.5. The molecule has 0 aliphatic rings. The van der Waals surface area contributed by atoms with Crippen LogP contribution in [0.4, 0.5) is 11.4 Å². The van der Waals surface area contributed by atoms with Crippen molar-refractivity contribution >= 4 is 35.3 Å². The van der Waals surface area contributed by atoms with Crippen LogP contribution in [0.3, 0.4) is 0 Å². The average Bonchev–Trinajstić information content (AvgIpc) is 2.89. The predicted molar refractivity (Wildman–Crippen MR) is 148 cm³/mol. The molecule has 38 heavy (non-hydrogen) atoms. The lowest BCUT2D eigenvalue weighted by atomic mass is 10.1. The zero-order chi connectivity index (χ0) is 27.5. The van der Waals surface area contributed by atoms with E-state index >= 15 is 0 Å². The molecule has 0 saturated carbocycles. The van der Waals surface area contributed by atoms with Crippen LogP contribution in [0.5, 0.6) is 11.5 Å². The molecular weight excluding hydrogens is 484 g/mol. The van der Waals surface area contributed by atoms with Crippen LogP contribution in [0.1, 0.15) is 22.3 Å². The van der Waals surface area contributed by atoms with E-state index in [0.717, 1.165) is 22.4 Å². The summed E-state index contributed by atoms with van der Waals surface area (Å²) in [6.45, 7) is 9.60. The van der Waals surface area contributed by atoms with Crippen LogP contribution in [-0.4, -0.2) is 37.1 Å². The van der Waals surface area contributed by atoms with Crippen molar-refractivity contribution in [1.29, 1.82) is 0 Å². The number of aryl methyl sites for hydroxylation is 3. The number of hydrogen-bond acceptors (Lipinski definition) is 6. The summed E-state index contributed by atoms with van der Waals surface area (Å²) in [4.78, 5) is 36.8. The number of hydrazone groups is 1. The van der Waals surface area contributed by atoms with Crippen molar-refractivity contribution in [1.82, 2.24) is 5.43 Å². The van der Waals surface area contributed by atoms with E-state index in [1.807, 2.05) is 32.9 Å². The first-order valence-electron chi connectivity index (χ1n) is 11.8. The lowest BCUT2D eigenvalue weighted by Gasteiger charge is -2.14. The first kappa shape index (κ1) is 27.7. The van der Waals surface area contributed by atoms with Crippen LogP contribution in [0, 0.1) is 20.8 Å². The molecular formula is C29H30N4O5. The van der Waals surface area contributed by atoms with Crippen LogP contribution in [0.2, 0.25) is 0 Å². The highest BCUT2D eigenvalue weighted by atomic mass is 16.5. The Hall–Kier alpha value is -4.92. The number of rotatable bonds is 10. The minimum atomic E-state index is -0.949. The Morgan fingerprint density at radius 3 is 2.26 bits per heavy atom. The summed E-state index contributed by atoms with van der Waals surface area (Å²) in [6.07, 6.45) is 2.95. The Morgan fingerprint density at radius 1 is 0.895 bits per heavy atom. The van der Waals surface area contributed by atoms with E-state index in [9.17, 15) is 14.4 Å². The van der Waals surface area contributed by atoms with Crippen molar-refractivity contribution in [3.05, 3.63) is 95.6 Å². The van der Waals surface area contributed by atoms with Gasteiger partial charge in [0.05, 0.1) is 6.21 Å². The fraction of sp³-hybridized carbons (Fsp3) is 0.172. The van der Waals surface area contributed by atoms with Crippen molar-refractivity contribution in [2.45, 2.75) is 20.8 Å². The zero-order valence-corrected chi connectivity index (χ0v) is 21.5. The highest BCUT2D eigenvalue weighted by Crippen LogP contribution is 2.22. The second-order valence-corrected chi connectivity index (χ2v) is 8.43. The molecule has 9 nitrogen and oxygen atoms in total. The van der Waals surface area contributed by atoms with E-state index in [1.54, 1.807) is 54.6 Å². The summed E-state index contributed by atoms with van der Waals surface area (Å²) in [5.41, 5.74) is 6.94. The van der Waals surface area contributed by atoms with Crippen molar-refractivity contribution in [3.63, 3.8) is 0 Å². The van der Waals surface area contributed by atoms with E-state index in [-0.39, 0.29) is 12.5 Å². The Balaban J connectivity index is 1.53. The van der Waals surface area contributed by atoms with Crippen LogP contribution >= 0.6 is 0 Å². The smallest absolute Gasteiger partial charge is 0.329 e. The number of amides is 3. The van der Waals surface area contributed by atoms with Gasteiger partial charge in [-0.15, -0.1) is 0 Å². The maximum Gasteiger partial charge on any atom is 0.329 e. The topological polar surface area (TPSA) is 118 Å². The van der Waals surface area contributed by atoms with Gasteiger partial charge >= 0.3 is 11.8 Å². The SMILES string of the molecule is C=CCOc1ccc(NC(=O)C(=O)N/N=C\c2ccccc2OCC(=O)Nc2c(C)cc(C)cc2C)cc1. The van der Waals surface area contributed by atoms with E-state index in [4.69, 9.17) is 9.47 Å². The number of hydrogen-bond donors (Lipinski definition) is 3. The lowest BCUT2D eigenvalue weighted by Crippen LogP contribution is -2.32. The van der Waals surface area contributed by atoms with E-state index in [0.29, 0.717) is 29.4 Å². The zero-order valence-electron chi connectivity index (χ0n) is 21.5. The highest BCUT2D eigenvalue weighted by Gasteiger charge is 2.13. The molecule has 0 unspecified atom stereocenters. The fourth-order valence-electron chi connectivity index (χ4n) is 3.60. The number of benzene rings is 3.